The highest BCUT2D eigenvalue weighted by Gasteiger charge is 2.23. The van der Waals surface area contributed by atoms with Crippen LogP contribution in [0.1, 0.15) is 41.3 Å². The van der Waals surface area contributed by atoms with Gasteiger partial charge >= 0.3 is 0 Å². The number of carbonyl (C=O) groups excluding carboxylic acids is 1. The average molecular weight is 244 g/mol. The van der Waals surface area contributed by atoms with Gasteiger partial charge in [-0.1, -0.05) is 13.0 Å². The van der Waals surface area contributed by atoms with Crippen molar-refractivity contribution in [2.75, 3.05) is 13.1 Å². The third-order valence-electron chi connectivity index (χ3n) is 4.03. The van der Waals surface area contributed by atoms with Gasteiger partial charge in [-0.3, -0.25) is 4.79 Å². The first-order valence-electron chi connectivity index (χ1n) is 6.86. The number of piperidine rings is 1. The largest absolute Gasteiger partial charge is 0.338 e. The first-order valence-corrected chi connectivity index (χ1v) is 6.86. The van der Waals surface area contributed by atoms with Crippen LogP contribution in [0.25, 0.3) is 0 Å². The zero-order valence-electron chi connectivity index (χ0n) is 10.9. The Balaban J connectivity index is 1.79. The quantitative estimate of drug-likeness (QED) is 0.821. The number of likely N-dealkylation sites (tertiary alicyclic amines) is 1. The molecule has 18 heavy (non-hydrogen) atoms. The predicted molar refractivity (Wildman–Crippen MR) is 71.3 cm³/mol. The molecular formula is C15H20N2O. The minimum absolute atomic E-state index is 0.205. The van der Waals surface area contributed by atoms with Crippen molar-refractivity contribution in [1.29, 1.82) is 0 Å². The Kier molecular flexibility index (Phi) is 3.08. The summed E-state index contributed by atoms with van der Waals surface area (Å²) < 4.78 is 0. The van der Waals surface area contributed by atoms with Gasteiger partial charge in [-0.15, -0.1) is 0 Å². The summed E-state index contributed by atoms with van der Waals surface area (Å²) >= 11 is 0. The van der Waals surface area contributed by atoms with Gasteiger partial charge in [0.1, 0.15) is 0 Å². The van der Waals surface area contributed by atoms with Crippen LogP contribution in [0.4, 0.5) is 0 Å². The lowest BCUT2D eigenvalue weighted by Gasteiger charge is -2.31. The Morgan fingerprint density at radius 2 is 2.17 bits per heavy atom. The predicted octanol–water partition coefficient (Wildman–Crippen LogP) is 2.16. The summed E-state index contributed by atoms with van der Waals surface area (Å²) in [6, 6.07) is 6.14. The van der Waals surface area contributed by atoms with Crippen LogP contribution in [-0.4, -0.2) is 23.9 Å². The number of carbonyl (C=O) groups is 1. The van der Waals surface area contributed by atoms with E-state index in [1.54, 1.807) is 0 Å². The Labute approximate surface area is 108 Å². The highest BCUT2D eigenvalue weighted by molar-refractivity contribution is 5.94. The molecule has 0 spiro atoms. The first kappa shape index (κ1) is 11.7. The van der Waals surface area contributed by atoms with Gasteiger partial charge in [0.05, 0.1) is 0 Å². The van der Waals surface area contributed by atoms with Gasteiger partial charge in [0.25, 0.3) is 5.91 Å². The van der Waals surface area contributed by atoms with Gasteiger partial charge in [-0.05, 0) is 42.0 Å². The molecule has 3 heteroatoms. The van der Waals surface area contributed by atoms with Gasteiger partial charge in [0.15, 0.2) is 0 Å². The van der Waals surface area contributed by atoms with Crippen LogP contribution in [-0.2, 0) is 13.1 Å². The molecule has 1 N–H and O–H groups in total. The van der Waals surface area contributed by atoms with Crippen molar-refractivity contribution >= 4 is 5.91 Å². The van der Waals surface area contributed by atoms with Gasteiger partial charge in [0, 0.05) is 31.7 Å². The molecule has 3 rings (SSSR count). The molecule has 0 radical (unpaired) electrons. The second kappa shape index (κ2) is 4.73. The fourth-order valence-corrected chi connectivity index (χ4v) is 2.98. The van der Waals surface area contributed by atoms with E-state index >= 15 is 0 Å². The molecule has 3 nitrogen and oxygen atoms in total. The summed E-state index contributed by atoms with van der Waals surface area (Å²) in [5.41, 5.74) is 3.47. The summed E-state index contributed by atoms with van der Waals surface area (Å²) in [6.07, 6.45) is 2.39. The molecule has 0 aromatic heterocycles. The van der Waals surface area contributed by atoms with Crippen LogP contribution in [0.5, 0.6) is 0 Å². The molecule has 1 fully saturated rings. The van der Waals surface area contributed by atoms with E-state index in [1.165, 1.54) is 17.5 Å². The smallest absolute Gasteiger partial charge is 0.253 e. The molecule has 0 aliphatic carbocycles. The third-order valence-corrected chi connectivity index (χ3v) is 4.03. The summed E-state index contributed by atoms with van der Waals surface area (Å²) in [5, 5.41) is 3.32. The highest BCUT2D eigenvalue weighted by atomic mass is 16.2. The molecule has 1 aromatic carbocycles. The molecule has 96 valence electrons. The van der Waals surface area contributed by atoms with Crippen molar-refractivity contribution in [2.45, 2.75) is 32.9 Å². The molecule has 1 saturated heterocycles. The lowest BCUT2D eigenvalue weighted by atomic mass is 9.99. The number of hydrogen-bond acceptors (Lipinski definition) is 2. The molecule has 2 aliphatic heterocycles. The van der Waals surface area contributed by atoms with Crippen molar-refractivity contribution in [3.63, 3.8) is 0 Å². The second-order valence-electron chi connectivity index (χ2n) is 5.59. The number of fused-ring (bicyclic) bond motifs is 1. The van der Waals surface area contributed by atoms with E-state index in [4.69, 9.17) is 0 Å². The van der Waals surface area contributed by atoms with Crippen LogP contribution in [0.2, 0.25) is 0 Å². The molecule has 1 amide bonds. The van der Waals surface area contributed by atoms with E-state index < -0.39 is 0 Å². The van der Waals surface area contributed by atoms with E-state index in [0.29, 0.717) is 5.92 Å². The second-order valence-corrected chi connectivity index (χ2v) is 5.59. The Morgan fingerprint density at radius 3 is 3.00 bits per heavy atom. The molecule has 1 atom stereocenters. The summed E-state index contributed by atoms with van der Waals surface area (Å²) in [7, 11) is 0. The number of rotatable bonds is 1. The van der Waals surface area contributed by atoms with Crippen LogP contribution < -0.4 is 5.32 Å². The van der Waals surface area contributed by atoms with Crippen LogP contribution in [0.3, 0.4) is 0 Å². The van der Waals surface area contributed by atoms with Crippen molar-refractivity contribution < 1.29 is 4.79 Å². The summed E-state index contributed by atoms with van der Waals surface area (Å²) in [4.78, 5) is 14.5. The van der Waals surface area contributed by atoms with E-state index in [-0.39, 0.29) is 5.91 Å². The molecule has 2 heterocycles. The SMILES string of the molecule is CC1CCCN(C(=O)c2ccc3c(c2)CNC3)C1. The van der Waals surface area contributed by atoms with Crippen LogP contribution >= 0.6 is 0 Å². The number of nitrogens with zero attached hydrogens (tertiary/aromatic N) is 1. The molecule has 0 saturated carbocycles. The fourth-order valence-electron chi connectivity index (χ4n) is 2.98. The highest BCUT2D eigenvalue weighted by Crippen LogP contribution is 2.21. The molecular weight excluding hydrogens is 224 g/mol. The van der Waals surface area contributed by atoms with E-state index in [9.17, 15) is 4.79 Å². The van der Waals surface area contributed by atoms with Gasteiger partial charge < -0.3 is 10.2 Å². The molecule has 0 bridgehead atoms. The minimum atomic E-state index is 0.205. The maximum Gasteiger partial charge on any atom is 0.253 e. The van der Waals surface area contributed by atoms with Gasteiger partial charge in [0.2, 0.25) is 0 Å². The fraction of sp³-hybridized carbons (Fsp3) is 0.533. The Bertz CT molecular complexity index is 470. The molecule has 1 aromatic rings. The molecule has 2 aliphatic rings. The zero-order valence-corrected chi connectivity index (χ0v) is 10.9. The third kappa shape index (κ3) is 2.15. The first-order chi connectivity index (χ1) is 8.74. The van der Waals surface area contributed by atoms with Crippen molar-refractivity contribution in [2.24, 2.45) is 5.92 Å². The van der Waals surface area contributed by atoms with Gasteiger partial charge in [-0.2, -0.15) is 0 Å². The normalized spacial score (nSPS) is 22.9. The number of hydrogen-bond donors (Lipinski definition) is 1. The summed E-state index contributed by atoms with van der Waals surface area (Å²) in [6.45, 7) is 5.89. The van der Waals surface area contributed by atoms with Crippen molar-refractivity contribution in [3.8, 4) is 0 Å². The monoisotopic (exact) mass is 244 g/mol. The number of nitrogens with one attached hydrogen (secondary N) is 1. The zero-order chi connectivity index (χ0) is 12.5. The van der Waals surface area contributed by atoms with Crippen LogP contribution in [0.15, 0.2) is 18.2 Å². The molecule has 1 unspecified atom stereocenters. The average Bonchev–Trinajstić information content (AvgIpc) is 2.85. The van der Waals surface area contributed by atoms with E-state index in [1.807, 2.05) is 11.0 Å². The lowest BCUT2D eigenvalue weighted by Crippen LogP contribution is -2.39. The van der Waals surface area contributed by atoms with Crippen molar-refractivity contribution in [1.82, 2.24) is 10.2 Å². The number of amides is 1. The Hall–Kier alpha value is -1.35. The van der Waals surface area contributed by atoms with E-state index in [0.717, 1.165) is 38.2 Å². The maximum absolute atomic E-state index is 12.5. The lowest BCUT2D eigenvalue weighted by molar-refractivity contribution is 0.0683. The minimum Gasteiger partial charge on any atom is -0.338 e. The summed E-state index contributed by atoms with van der Waals surface area (Å²) in [5.74, 6) is 0.843. The van der Waals surface area contributed by atoms with Gasteiger partial charge in [-0.25, -0.2) is 0 Å². The Morgan fingerprint density at radius 1 is 1.33 bits per heavy atom. The number of benzene rings is 1. The van der Waals surface area contributed by atoms with E-state index in [2.05, 4.69) is 24.4 Å². The van der Waals surface area contributed by atoms with Crippen molar-refractivity contribution in [3.05, 3.63) is 34.9 Å². The van der Waals surface area contributed by atoms with Crippen LogP contribution in [0, 0.1) is 5.92 Å². The maximum atomic E-state index is 12.5. The topological polar surface area (TPSA) is 32.3 Å². The standard InChI is InChI=1S/C15H20N2O/c1-11-3-2-6-17(10-11)15(18)12-4-5-13-8-16-9-14(13)7-12/h4-5,7,11,16H,2-3,6,8-10H2,1H3.